The van der Waals surface area contributed by atoms with E-state index in [0.717, 1.165) is 6.08 Å². The predicted molar refractivity (Wildman–Crippen MR) is 34.5 cm³/mol. The predicted octanol–water partition coefficient (Wildman–Crippen LogP) is 1.97. The summed E-state index contributed by atoms with van der Waals surface area (Å²) in [6, 6.07) is 0. The van der Waals surface area contributed by atoms with Crippen molar-refractivity contribution in [2.24, 2.45) is 5.92 Å². The Balaban J connectivity index is 2.74. The van der Waals surface area contributed by atoms with E-state index in [2.05, 4.69) is 0 Å². The van der Waals surface area contributed by atoms with Crippen molar-refractivity contribution >= 4 is 5.78 Å². The molecule has 1 unspecified atom stereocenters. The van der Waals surface area contributed by atoms with E-state index in [0.29, 0.717) is 0 Å². The number of aliphatic hydroxyl groups is 1. The molecule has 0 radical (unpaired) electrons. The molecular weight excluding hydrogens is 173 g/mol. The van der Waals surface area contributed by atoms with Crippen LogP contribution in [0.4, 0.5) is 13.2 Å². The number of hydrogen-bond donors (Lipinski definition) is 1. The fraction of sp³-hybridized carbons (Fsp3) is 0.571. The van der Waals surface area contributed by atoms with Crippen molar-refractivity contribution in [3.8, 4) is 0 Å². The molecule has 0 saturated carbocycles. The molecule has 2 nitrogen and oxygen atoms in total. The van der Waals surface area contributed by atoms with E-state index in [1.54, 1.807) is 0 Å². The first kappa shape index (κ1) is 9.09. The van der Waals surface area contributed by atoms with Crippen LogP contribution in [0.3, 0.4) is 0 Å². The summed E-state index contributed by atoms with van der Waals surface area (Å²) >= 11 is 0. The Hall–Kier alpha value is -1.00. The third-order valence-corrected chi connectivity index (χ3v) is 1.69. The van der Waals surface area contributed by atoms with Crippen molar-refractivity contribution in [2.45, 2.75) is 19.0 Å². The van der Waals surface area contributed by atoms with Crippen LogP contribution in [0, 0.1) is 5.92 Å². The zero-order valence-electron chi connectivity index (χ0n) is 6.06. The molecule has 0 aromatic carbocycles. The van der Waals surface area contributed by atoms with E-state index < -0.39 is 36.5 Å². The minimum absolute atomic E-state index is 0.477. The maximum atomic E-state index is 12.0. The Bertz CT molecular complexity index is 229. The molecular formula is C7H7F3O2. The van der Waals surface area contributed by atoms with Crippen LogP contribution >= 0.6 is 0 Å². The summed E-state index contributed by atoms with van der Waals surface area (Å²) in [5.74, 6) is -2.86. The minimum atomic E-state index is -4.39. The first-order chi connectivity index (χ1) is 5.39. The zero-order chi connectivity index (χ0) is 9.35. The van der Waals surface area contributed by atoms with Gasteiger partial charge in [-0.3, -0.25) is 4.79 Å². The highest BCUT2D eigenvalue weighted by molar-refractivity contribution is 5.91. The molecule has 0 heterocycles. The molecule has 1 rings (SSSR count). The van der Waals surface area contributed by atoms with Crippen molar-refractivity contribution < 1.29 is 23.1 Å². The van der Waals surface area contributed by atoms with Crippen LogP contribution in [-0.4, -0.2) is 17.1 Å². The highest BCUT2D eigenvalue weighted by Crippen LogP contribution is 2.35. The monoisotopic (exact) mass is 180 g/mol. The summed E-state index contributed by atoms with van der Waals surface area (Å²) in [6.07, 6.45) is -4.57. The molecule has 1 aliphatic carbocycles. The fourth-order valence-electron chi connectivity index (χ4n) is 1.10. The first-order valence-corrected chi connectivity index (χ1v) is 3.38. The maximum absolute atomic E-state index is 12.0. The average molecular weight is 180 g/mol. The molecule has 0 fully saturated rings. The van der Waals surface area contributed by atoms with Gasteiger partial charge in [0.2, 0.25) is 0 Å². The SMILES string of the molecule is O=C1C=C(O)CC(C(F)(F)F)C1. The molecule has 1 atom stereocenters. The molecule has 0 bridgehead atoms. The summed E-state index contributed by atoms with van der Waals surface area (Å²) in [5, 5.41) is 8.75. The molecule has 5 heteroatoms. The first-order valence-electron chi connectivity index (χ1n) is 3.38. The van der Waals surface area contributed by atoms with Gasteiger partial charge in [0.15, 0.2) is 5.78 Å². The van der Waals surface area contributed by atoms with Crippen LogP contribution in [0.1, 0.15) is 12.8 Å². The molecule has 68 valence electrons. The Morgan fingerprint density at radius 1 is 1.42 bits per heavy atom. The third-order valence-electron chi connectivity index (χ3n) is 1.69. The van der Waals surface area contributed by atoms with Gasteiger partial charge in [0.1, 0.15) is 0 Å². The van der Waals surface area contributed by atoms with Gasteiger partial charge in [0.05, 0.1) is 11.7 Å². The molecule has 1 aliphatic rings. The molecule has 0 saturated heterocycles. The molecule has 12 heavy (non-hydrogen) atoms. The Labute approximate surface area is 66.7 Å². The standard InChI is InChI=1S/C7H7F3O2/c8-7(9,10)4-1-5(11)3-6(12)2-4/h3-4,11H,1-2H2. The van der Waals surface area contributed by atoms with Crippen LogP contribution < -0.4 is 0 Å². The van der Waals surface area contributed by atoms with Crippen LogP contribution in [0.25, 0.3) is 0 Å². The van der Waals surface area contributed by atoms with E-state index >= 15 is 0 Å². The minimum Gasteiger partial charge on any atom is -0.512 e. The number of alkyl halides is 3. The second-order valence-corrected chi connectivity index (χ2v) is 2.75. The smallest absolute Gasteiger partial charge is 0.392 e. The molecule has 0 aromatic heterocycles. The molecule has 0 aromatic rings. The summed E-state index contributed by atoms with van der Waals surface area (Å²) in [7, 11) is 0. The van der Waals surface area contributed by atoms with Gasteiger partial charge < -0.3 is 5.11 Å². The lowest BCUT2D eigenvalue weighted by atomic mass is 9.92. The van der Waals surface area contributed by atoms with E-state index in [4.69, 9.17) is 5.11 Å². The Morgan fingerprint density at radius 3 is 2.42 bits per heavy atom. The Kier molecular flexibility index (Phi) is 2.12. The highest BCUT2D eigenvalue weighted by atomic mass is 19.4. The van der Waals surface area contributed by atoms with Gasteiger partial charge in [-0.2, -0.15) is 13.2 Å². The maximum Gasteiger partial charge on any atom is 0.392 e. The quantitative estimate of drug-likeness (QED) is 0.618. The second kappa shape index (κ2) is 2.80. The van der Waals surface area contributed by atoms with E-state index in [1.807, 2.05) is 0 Å². The number of carbonyl (C=O) groups excluding carboxylic acids is 1. The van der Waals surface area contributed by atoms with E-state index in [1.165, 1.54) is 0 Å². The van der Waals surface area contributed by atoms with Crippen molar-refractivity contribution in [3.63, 3.8) is 0 Å². The van der Waals surface area contributed by atoms with Gasteiger partial charge >= 0.3 is 6.18 Å². The number of aliphatic hydroxyl groups excluding tert-OH is 1. The lowest BCUT2D eigenvalue weighted by Gasteiger charge is -2.21. The summed E-state index contributed by atoms with van der Waals surface area (Å²) in [4.78, 5) is 10.6. The van der Waals surface area contributed by atoms with Crippen LogP contribution in [-0.2, 0) is 4.79 Å². The van der Waals surface area contributed by atoms with Crippen molar-refractivity contribution in [1.82, 2.24) is 0 Å². The van der Waals surface area contributed by atoms with Crippen molar-refractivity contribution in [2.75, 3.05) is 0 Å². The number of hydrogen-bond acceptors (Lipinski definition) is 2. The van der Waals surface area contributed by atoms with Gasteiger partial charge in [-0.1, -0.05) is 0 Å². The summed E-state index contributed by atoms with van der Waals surface area (Å²) in [5.41, 5.74) is 0. The molecule has 1 N–H and O–H groups in total. The average Bonchev–Trinajstić information content (AvgIpc) is 1.82. The van der Waals surface area contributed by atoms with Crippen LogP contribution in [0.15, 0.2) is 11.8 Å². The lowest BCUT2D eigenvalue weighted by molar-refractivity contribution is -0.180. The van der Waals surface area contributed by atoms with Gasteiger partial charge in [-0.25, -0.2) is 0 Å². The number of halogens is 3. The molecule has 0 spiro atoms. The molecule has 0 aliphatic heterocycles. The third kappa shape index (κ3) is 1.99. The fourth-order valence-corrected chi connectivity index (χ4v) is 1.10. The Morgan fingerprint density at radius 2 is 2.00 bits per heavy atom. The van der Waals surface area contributed by atoms with Crippen LogP contribution in [0.2, 0.25) is 0 Å². The summed E-state index contributed by atoms with van der Waals surface area (Å²) < 4.78 is 36.0. The largest absolute Gasteiger partial charge is 0.512 e. The lowest BCUT2D eigenvalue weighted by Crippen LogP contribution is -2.28. The van der Waals surface area contributed by atoms with Gasteiger partial charge in [-0.15, -0.1) is 0 Å². The van der Waals surface area contributed by atoms with Gasteiger partial charge in [-0.05, 0) is 0 Å². The van der Waals surface area contributed by atoms with Crippen molar-refractivity contribution in [3.05, 3.63) is 11.8 Å². The van der Waals surface area contributed by atoms with E-state index in [9.17, 15) is 18.0 Å². The zero-order valence-corrected chi connectivity index (χ0v) is 6.06. The van der Waals surface area contributed by atoms with Crippen LogP contribution in [0.5, 0.6) is 0 Å². The topological polar surface area (TPSA) is 37.3 Å². The number of carbonyl (C=O) groups is 1. The van der Waals surface area contributed by atoms with Gasteiger partial charge in [0, 0.05) is 18.9 Å². The molecule has 0 amide bonds. The second-order valence-electron chi connectivity index (χ2n) is 2.75. The normalized spacial score (nSPS) is 25.4. The number of ketones is 1. The van der Waals surface area contributed by atoms with Gasteiger partial charge in [0.25, 0.3) is 0 Å². The van der Waals surface area contributed by atoms with E-state index in [-0.39, 0.29) is 0 Å². The summed E-state index contributed by atoms with van der Waals surface area (Å²) in [6.45, 7) is 0. The number of allylic oxidation sites excluding steroid dienone is 2. The van der Waals surface area contributed by atoms with Crippen molar-refractivity contribution in [1.29, 1.82) is 0 Å². The highest BCUT2D eigenvalue weighted by Gasteiger charge is 2.42. The number of rotatable bonds is 0.